The molecule has 3 nitrogen and oxygen atoms in total. The zero-order chi connectivity index (χ0) is 13.8. The van der Waals surface area contributed by atoms with E-state index in [1.165, 1.54) is 19.3 Å². The summed E-state index contributed by atoms with van der Waals surface area (Å²) in [5.74, 6) is 1.59. The van der Waals surface area contributed by atoms with Crippen LogP contribution in [0, 0.1) is 11.8 Å². The van der Waals surface area contributed by atoms with E-state index in [0.29, 0.717) is 11.3 Å². The fourth-order valence-corrected chi connectivity index (χ4v) is 4.45. The van der Waals surface area contributed by atoms with E-state index in [1.54, 1.807) is 0 Å². The van der Waals surface area contributed by atoms with E-state index in [9.17, 15) is 0 Å². The Morgan fingerprint density at radius 3 is 2.84 bits per heavy atom. The number of aromatic nitrogens is 2. The van der Waals surface area contributed by atoms with Crippen molar-refractivity contribution >= 4 is 11.8 Å². The van der Waals surface area contributed by atoms with Gasteiger partial charge in [-0.1, -0.05) is 32.5 Å². The number of nitrogens with zero attached hydrogens (tertiary/aromatic N) is 2. The smallest absolute Gasteiger partial charge is 0.168 e. The summed E-state index contributed by atoms with van der Waals surface area (Å²) in [4.78, 5) is 4.48. The topological polar surface area (TPSA) is 29.9 Å². The van der Waals surface area contributed by atoms with Gasteiger partial charge < -0.3 is 9.88 Å². The van der Waals surface area contributed by atoms with Crippen LogP contribution in [0.3, 0.4) is 0 Å². The summed E-state index contributed by atoms with van der Waals surface area (Å²) >= 11 is 1.96. The SMILES string of the molecule is CCCNC1CC(C)CC(C)C1Sc1nccn1C. The normalized spacial score (nSPS) is 31.6. The zero-order valence-electron chi connectivity index (χ0n) is 12.6. The Morgan fingerprint density at radius 2 is 2.21 bits per heavy atom. The predicted octanol–water partition coefficient (Wildman–Crippen LogP) is 3.32. The third kappa shape index (κ3) is 3.76. The Hall–Kier alpha value is -0.480. The predicted molar refractivity (Wildman–Crippen MR) is 82.5 cm³/mol. The van der Waals surface area contributed by atoms with Crippen LogP contribution in [0.5, 0.6) is 0 Å². The fraction of sp³-hybridized carbons (Fsp3) is 0.800. The number of rotatable bonds is 5. The first-order valence-corrected chi connectivity index (χ1v) is 8.37. The first-order chi connectivity index (χ1) is 9.11. The molecule has 1 heterocycles. The average Bonchev–Trinajstić information content (AvgIpc) is 2.76. The van der Waals surface area contributed by atoms with Crippen LogP contribution in [0.15, 0.2) is 17.6 Å². The lowest BCUT2D eigenvalue weighted by Gasteiger charge is -2.39. The van der Waals surface area contributed by atoms with Crippen molar-refractivity contribution in [2.24, 2.45) is 18.9 Å². The highest BCUT2D eigenvalue weighted by molar-refractivity contribution is 7.99. The molecule has 0 spiro atoms. The van der Waals surface area contributed by atoms with Gasteiger partial charge >= 0.3 is 0 Å². The Balaban J connectivity index is 2.06. The monoisotopic (exact) mass is 281 g/mol. The highest BCUT2D eigenvalue weighted by atomic mass is 32.2. The molecule has 1 aliphatic carbocycles. The van der Waals surface area contributed by atoms with Crippen molar-refractivity contribution in [1.29, 1.82) is 0 Å². The molecule has 0 bridgehead atoms. The van der Waals surface area contributed by atoms with Crippen molar-refractivity contribution in [2.45, 2.75) is 56.5 Å². The van der Waals surface area contributed by atoms with E-state index < -0.39 is 0 Å². The third-order valence-corrected chi connectivity index (χ3v) is 5.73. The van der Waals surface area contributed by atoms with E-state index in [2.05, 4.69) is 42.7 Å². The molecule has 4 heteroatoms. The number of hydrogen-bond donors (Lipinski definition) is 1. The van der Waals surface area contributed by atoms with Gasteiger partial charge in [0, 0.05) is 30.7 Å². The fourth-order valence-electron chi connectivity index (χ4n) is 3.14. The van der Waals surface area contributed by atoms with Crippen LogP contribution in [0.4, 0.5) is 0 Å². The van der Waals surface area contributed by atoms with Crippen molar-refractivity contribution < 1.29 is 0 Å². The second kappa shape index (κ2) is 6.80. The van der Waals surface area contributed by atoms with Crippen LogP contribution in [0.1, 0.15) is 40.0 Å². The van der Waals surface area contributed by atoms with E-state index in [0.717, 1.165) is 23.5 Å². The molecule has 1 fully saturated rings. The molecule has 108 valence electrons. The molecule has 0 saturated heterocycles. The Morgan fingerprint density at radius 1 is 1.42 bits per heavy atom. The number of nitrogens with one attached hydrogen (secondary N) is 1. The summed E-state index contributed by atoms with van der Waals surface area (Å²) < 4.78 is 2.13. The maximum absolute atomic E-state index is 4.48. The molecule has 1 N–H and O–H groups in total. The Kier molecular flexibility index (Phi) is 5.34. The lowest BCUT2D eigenvalue weighted by Crippen LogP contribution is -2.46. The Bertz CT molecular complexity index is 390. The van der Waals surface area contributed by atoms with Gasteiger partial charge in [0.1, 0.15) is 0 Å². The molecule has 4 unspecified atom stereocenters. The van der Waals surface area contributed by atoms with Crippen molar-refractivity contribution in [3.05, 3.63) is 12.4 Å². The van der Waals surface area contributed by atoms with Crippen LogP contribution >= 0.6 is 11.8 Å². The molecule has 0 amide bonds. The minimum atomic E-state index is 0.625. The van der Waals surface area contributed by atoms with Crippen molar-refractivity contribution in [2.75, 3.05) is 6.54 Å². The highest BCUT2D eigenvalue weighted by Gasteiger charge is 2.34. The highest BCUT2D eigenvalue weighted by Crippen LogP contribution is 2.39. The number of hydrogen-bond acceptors (Lipinski definition) is 3. The molecule has 1 aromatic rings. The lowest BCUT2D eigenvalue weighted by atomic mass is 9.80. The first kappa shape index (κ1) is 14.9. The van der Waals surface area contributed by atoms with Crippen molar-refractivity contribution in [3.8, 4) is 0 Å². The quantitative estimate of drug-likeness (QED) is 0.898. The zero-order valence-corrected chi connectivity index (χ0v) is 13.4. The van der Waals surface area contributed by atoms with Gasteiger partial charge in [0.05, 0.1) is 0 Å². The number of imidazole rings is 1. The van der Waals surface area contributed by atoms with E-state index in [-0.39, 0.29) is 0 Å². The van der Waals surface area contributed by atoms with Gasteiger partial charge in [0.2, 0.25) is 0 Å². The summed E-state index contributed by atoms with van der Waals surface area (Å²) in [5, 5.41) is 5.55. The van der Waals surface area contributed by atoms with Crippen LogP contribution < -0.4 is 5.32 Å². The third-order valence-electron chi connectivity index (χ3n) is 4.06. The van der Waals surface area contributed by atoms with Gasteiger partial charge in [0.25, 0.3) is 0 Å². The minimum absolute atomic E-state index is 0.625. The maximum atomic E-state index is 4.48. The summed E-state index contributed by atoms with van der Waals surface area (Å²) in [7, 11) is 2.08. The van der Waals surface area contributed by atoms with Gasteiger partial charge in [-0.25, -0.2) is 4.98 Å². The molecule has 1 aliphatic rings. The molecular weight excluding hydrogens is 254 g/mol. The number of aryl methyl sites for hydroxylation is 1. The molecule has 1 aromatic heterocycles. The second-order valence-electron chi connectivity index (χ2n) is 6.02. The number of thioether (sulfide) groups is 1. The molecule has 0 aliphatic heterocycles. The standard InChI is InChI=1S/C15H27N3S/c1-5-6-16-13-10-11(2)9-12(3)14(13)19-15-17-7-8-18(15)4/h7-8,11-14,16H,5-6,9-10H2,1-4H3. The molecule has 4 atom stereocenters. The van der Waals surface area contributed by atoms with Gasteiger partial charge in [-0.3, -0.25) is 0 Å². The van der Waals surface area contributed by atoms with Gasteiger partial charge in [-0.15, -0.1) is 0 Å². The minimum Gasteiger partial charge on any atom is -0.329 e. The molecule has 0 aromatic carbocycles. The van der Waals surface area contributed by atoms with Gasteiger partial charge in [-0.2, -0.15) is 0 Å². The van der Waals surface area contributed by atoms with Crippen LogP contribution in [-0.2, 0) is 7.05 Å². The summed E-state index contributed by atoms with van der Waals surface area (Å²) in [5.41, 5.74) is 0. The Labute approximate surface area is 121 Å². The summed E-state index contributed by atoms with van der Waals surface area (Å²) in [6, 6.07) is 0.625. The van der Waals surface area contributed by atoms with E-state index >= 15 is 0 Å². The van der Waals surface area contributed by atoms with Gasteiger partial charge in [-0.05, 0) is 37.6 Å². The summed E-state index contributed by atoms with van der Waals surface area (Å²) in [6.07, 6.45) is 7.78. The van der Waals surface area contributed by atoms with Crippen molar-refractivity contribution in [1.82, 2.24) is 14.9 Å². The largest absolute Gasteiger partial charge is 0.329 e. The summed E-state index contributed by atoms with van der Waals surface area (Å²) in [6.45, 7) is 8.15. The van der Waals surface area contributed by atoms with E-state index in [1.807, 2.05) is 24.2 Å². The second-order valence-corrected chi connectivity index (χ2v) is 7.16. The van der Waals surface area contributed by atoms with Gasteiger partial charge in [0.15, 0.2) is 5.16 Å². The molecule has 2 rings (SSSR count). The molecule has 0 radical (unpaired) electrons. The lowest BCUT2D eigenvalue weighted by molar-refractivity contribution is 0.249. The van der Waals surface area contributed by atoms with Crippen LogP contribution in [-0.4, -0.2) is 27.4 Å². The average molecular weight is 281 g/mol. The molecular formula is C15H27N3S. The van der Waals surface area contributed by atoms with E-state index in [4.69, 9.17) is 0 Å². The van der Waals surface area contributed by atoms with Crippen LogP contribution in [0.25, 0.3) is 0 Å². The molecule has 19 heavy (non-hydrogen) atoms. The maximum Gasteiger partial charge on any atom is 0.168 e. The van der Waals surface area contributed by atoms with Crippen molar-refractivity contribution in [3.63, 3.8) is 0 Å². The molecule has 1 saturated carbocycles. The van der Waals surface area contributed by atoms with Crippen LogP contribution in [0.2, 0.25) is 0 Å². The first-order valence-electron chi connectivity index (χ1n) is 7.49.